The second-order valence-electron chi connectivity index (χ2n) is 4.25. The van der Waals surface area contributed by atoms with Crippen molar-refractivity contribution >= 4 is 22.7 Å². The lowest BCUT2D eigenvalue weighted by atomic mass is 9.94. The van der Waals surface area contributed by atoms with E-state index in [-0.39, 0.29) is 11.4 Å². The number of hydrogen-bond donors (Lipinski definition) is 0. The van der Waals surface area contributed by atoms with Crippen molar-refractivity contribution in [2.24, 2.45) is 0 Å². The van der Waals surface area contributed by atoms with Crippen LogP contribution in [0.25, 0.3) is 0 Å². The Balaban J connectivity index is 2.20. The molecule has 0 aliphatic heterocycles. The Kier molecular flexibility index (Phi) is 3.83. The minimum absolute atomic E-state index is 0.279. The fourth-order valence-corrected chi connectivity index (χ4v) is 2.62. The summed E-state index contributed by atoms with van der Waals surface area (Å²) in [6, 6.07) is 9.97. The lowest BCUT2D eigenvalue weighted by molar-refractivity contribution is 0.259. The second-order valence-corrected chi connectivity index (χ2v) is 4.57. The summed E-state index contributed by atoms with van der Waals surface area (Å²) in [5, 5.41) is -0.363. The van der Waals surface area contributed by atoms with Gasteiger partial charge < -0.3 is 0 Å². The third-order valence-corrected chi connectivity index (χ3v) is 3.35. The molecule has 3 heteroatoms. The van der Waals surface area contributed by atoms with Gasteiger partial charge in [-0.15, -0.1) is 0 Å². The summed E-state index contributed by atoms with van der Waals surface area (Å²) in [6.45, 7) is 0. The Morgan fingerprint density at radius 2 is 1.75 bits per heavy atom. The molecule has 86 valence electrons. The highest BCUT2D eigenvalue weighted by molar-refractivity contribution is 6.66. The van der Waals surface area contributed by atoms with E-state index in [1.807, 2.05) is 30.3 Å². The van der Waals surface area contributed by atoms with E-state index in [2.05, 4.69) is 0 Å². The molecule has 1 aromatic carbocycles. The summed E-state index contributed by atoms with van der Waals surface area (Å²) in [4.78, 5) is 13.3. The first-order valence-electron chi connectivity index (χ1n) is 5.83. The number of nitrogens with zero attached hydrogens (tertiary/aromatic N) is 1. The minimum atomic E-state index is -0.363. The molecule has 0 saturated heterocycles. The van der Waals surface area contributed by atoms with Crippen molar-refractivity contribution < 1.29 is 4.79 Å². The van der Waals surface area contributed by atoms with E-state index in [1.54, 1.807) is 4.90 Å². The molecule has 2 nitrogen and oxygen atoms in total. The average Bonchev–Trinajstić information content (AvgIpc) is 2.31. The number of amides is 1. The van der Waals surface area contributed by atoms with Gasteiger partial charge in [-0.2, -0.15) is 0 Å². The Bertz CT molecular complexity index is 346. The van der Waals surface area contributed by atoms with Crippen LogP contribution in [0.15, 0.2) is 30.3 Å². The number of carbonyl (C=O) groups excluding carboxylic acids is 1. The van der Waals surface area contributed by atoms with Crippen LogP contribution < -0.4 is 4.90 Å². The molecule has 0 heterocycles. The Hall–Kier alpha value is -1.02. The summed E-state index contributed by atoms with van der Waals surface area (Å²) < 4.78 is 0. The van der Waals surface area contributed by atoms with Gasteiger partial charge in [-0.05, 0) is 36.6 Å². The number of hydrogen-bond acceptors (Lipinski definition) is 1. The van der Waals surface area contributed by atoms with Gasteiger partial charge in [0.1, 0.15) is 0 Å². The maximum Gasteiger partial charge on any atom is 0.321 e. The van der Waals surface area contributed by atoms with Gasteiger partial charge in [0.2, 0.25) is 0 Å². The van der Waals surface area contributed by atoms with Crippen molar-refractivity contribution in [3.05, 3.63) is 30.3 Å². The number of carbonyl (C=O) groups is 1. The topological polar surface area (TPSA) is 20.3 Å². The first kappa shape index (κ1) is 11.5. The Morgan fingerprint density at radius 1 is 1.12 bits per heavy atom. The maximum atomic E-state index is 11.5. The molecule has 0 N–H and O–H groups in total. The smallest absolute Gasteiger partial charge is 0.296 e. The van der Waals surface area contributed by atoms with Gasteiger partial charge in [-0.3, -0.25) is 9.69 Å². The highest BCUT2D eigenvalue weighted by Gasteiger charge is 2.25. The molecule has 0 aromatic heterocycles. The standard InChI is InChI=1S/C13H16ClNO/c14-13(16)15(11-7-3-1-4-8-11)12-9-5-2-6-10-12/h1,3-4,7-8,12H,2,5-6,9-10H2. The summed E-state index contributed by atoms with van der Waals surface area (Å²) in [5.41, 5.74) is 0.911. The highest BCUT2D eigenvalue weighted by atomic mass is 35.5. The van der Waals surface area contributed by atoms with Crippen molar-refractivity contribution in [2.45, 2.75) is 38.1 Å². The molecule has 2 rings (SSSR count). The van der Waals surface area contributed by atoms with Gasteiger partial charge in [-0.1, -0.05) is 37.5 Å². The van der Waals surface area contributed by atoms with E-state index in [4.69, 9.17) is 11.6 Å². The lowest BCUT2D eigenvalue weighted by Gasteiger charge is -2.32. The van der Waals surface area contributed by atoms with E-state index in [0.29, 0.717) is 0 Å². The zero-order valence-corrected chi connectivity index (χ0v) is 9.99. The van der Waals surface area contributed by atoms with Crippen molar-refractivity contribution in [3.63, 3.8) is 0 Å². The Morgan fingerprint density at radius 3 is 2.31 bits per heavy atom. The molecule has 0 bridgehead atoms. The number of rotatable bonds is 2. The molecule has 0 atom stereocenters. The third-order valence-electron chi connectivity index (χ3n) is 3.16. The van der Waals surface area contributed by atoms with Crippen LogP contribution in [0, 0.1) is 0 Å². The van der Waals surface area contributed by atoms with Crippen LogP contribution in [0.4, 0.5) is 10.5 Å². The SMILES string of the molecule is O=C(Cl)N(c1ccccc1)C1CCCCC1. The first-order chi connectivity index (χ1) is 7.79. The predicted octanol–water partition coefficient (Wildman–Crippen LogP) is 4.18. The fraction of sp³-hybridized carbons (Fsp3) is 0.462. The summed E-state index contributed by atoms with van der Waals surface area (Å²) >= 11 is 5.70. The van der Waals surface area contributed by atoms with Crippen LogP contribution in [-0.4, -0.2) is 11.4 Å². The molecule has 1 aliphatic carbocycles. The first-order valence-corrected chi connectivity index (χ1v) is 6.20. The zero-order chi connectivity index (χ0) is 11.4. The van der Waals surface area contributed by atoms with Crippen molar-refractivity contribution in [3.8, 4) is 0 Å². The number of halogens is 1. The third kappa shape index (κ3) is 2.56. The number of benzene rings is 1. The van der Waals surface area contributed by atoms with Crippen molar-refractivity contribution in [1.82, 2.24) is 0 Å². The second kappa shape index (κ2) is 5.35. The molecular weight excluding hydrogens is 222 g/mol. The van der Waals surface area contributed by atoms with Crippen LogP contribution in [0.2, 0.25) is 0 Å². The molecule has 1 saturated carbocycles. The molecule has 1 aromatic rings. The molecule has 1 amide bonds. The van der Waals surface area contributed by atoms with Crippen molar-refractivity contribution in [2.75, 3.05) is 4.90 Å². The Labute approximate surface area is 101 Å². The molecule has 1 aliphatic rings. The van der Waals surface area contributed by atoms with Crippen LogP contribution >= 0.6 is 11.6 Å². The van der Waals surface area contributed by atoms with Crippen LogP contribution in [0.1, 0.15) is 32.1 Å². The normalized spacial score (nSPS) is 17.1. The minimum Gasteiger partial charge on any atom is -0.296 e. The molecule has 16 heavy (non-hydrogen) atoms. The zero-order valence-electron chi connectivity index (χ0n) is 9.23. The quantitative estimate of drug-likeness (QED) is 0.558. The van der Waals surface area contributed by atoms with Crippen molar-refractivity contribution in [1.29, 1.82) is 0 Å². The summed E-state index contributed by atoms with van der Waals surface area (Å²) in [7, 11) is 0. The van der Waals surface area contributed by atoms with Gasteiger partial charge in [0, 0.05) is 11.7 Å². The lowest BCUT2D eigenvalue weighted by Crippen LogP contribution is -2.38. The molecule has 0 radical (unpaired) electrons. The number of para-hydroxylation sites is 1. The van der Waals surface area contributed by atoms with E-state index >= 15 is 0 Å². The van der Waals surface area contributed by atoms with Crippen LogP contribution in [0.5, 0.6) is 0 Å². The monoisotopic (exact) mass is 237 g/mol. The summed E-state index contributed by atoms with van der Waals surface area (Å²) in [5.74, 6) is 0. The van der Waals surface area contributed by atoms with E-state index < -0.39 is 0 Å². The fourth-order valence-electron chi connectivity index (χ4n) is 2.38. The van der Waals surface area contributed by atoms with Gasteiger partial charge in [-0.25, -0.2) is 0 Å². The van der Waals surface area contributed by atoms with Gasteiger partial charge in [0.05, 0.1) is 0 Å². The van der Waals surface area contributed by atoms with Gasteiger partial charge in [0.25, 0.3) is 0 Å². The van der Waals surface area contributed by atoms with Crippen LogP contribution in [-0.2, 0) is 0 Å². The van der Waals surface area contributed by atoms with E-state index in [9.17, 15) is 4.79 Å². The van der Waals surface area contributed by atoms with E-state index in [1.165, 1.54) is 19.3 Å². The molecular formula is C13H16ClNO. The number of anilines is 1. The maximum absolute atomic E-state index is 11.5. The molecule has 0 spiro atoms. The highest BCUT2D eigenvalue weighted by Crippen LogP contribution is 2.28. The molecule has 0 unspecified atom stereocenters. The average molecular weight is 238 g/mol. The van der Waals surface area contributed by atoms with Crippen LogP contribution in [0.3, 0.4) is 0 Å². The summed E-state index contributed by atoms with van der Waals surface area (Å²) in [6.07, 6.45) is 5.78. The molecule has 1 fully saturated rings. The van der Waals surface area contributed by atoms with E-state index in [0.717, 1.165) is 18.5 Å². The van der Waals surface area contributed by atoms with Gasteiger partial charge in [0.15, 0.2) is 0 Å². The van der Waals surface area contributed by atoms with Gasteiger partial charge >= 0.3 is 5.37 Å². The predicted molar refractivity (Wildman–Crippen MR) is 67.0 cm³/mol. The largest absolute Gasteiger partial charge is 0.321 e.